The Balaban J connectivity index is 1.10. The second kappa shape index (κ2) is 11.1. The molecule has 0 saturated heterocycles. The fourth-order valence-electron chi connectivity index (χ4n) is 8.49. The minimum absolute atomic E-state index is 0.591. The van der Waals surface area contributed by atoms with Crippen LogP contribution in [0.4, 0.5) is 0 Å². The summed E-state index contributed by atoms with van der Waals surface area (Å²) in [5.41, 5.74) is 6.49. The van der Waals surface area contributed by atoms with Gasteiger partial charge in [0, 0.05) is 49.2 Å². The molecule has 0 radical (unpaired) electrons. The monoisotopic (exact) mass is 689 g/mol. The topological polar surface area (TPSA) is 61.0 Å². The van der Waals surface area contributed by atoms with Gasteiger partial charge in [0.05, 0.1) is 0 Å². The lowest BCUT2D eigenvalue weighted by molar-refractivity contribution is 0.495. The molecule has 5 heteroatoms. The lowest BCUT2D eigenvalue weighted by atomic mass is 9.89. The van der Waals surface area contributed by atoms with Crippen LogP contribution in [0, 0.1) is 0 Å². The Morgan fingerprint density at radius 1 is 0.333 bits per heavy atom. The SMILES string of the molecule is c1ccc(-c2nc(-c3cccc4c(-c5ccc6ccc7ccc8cccc9c8c7c6c5O9)cccc34)nc(-c3cccc4oc5ccccc5c34)n2)cc1. The molecule has 0 atom stereocenters. The molecule has 1 aliphatic rings. The van der Waals surface area contributed by atoms with Gasteiger partial charge >= 0.3 is 0 Å². The second-order valence-corrected chi connectivity index (χ2v) is 13.9. The second-order valence-electron chi connectivity index (χ2n) is 13.9. The first-order chi connectivity index (χ1) is 26.8. The third-order valence-electron chi connectivity index (χ3n) is 10.9. The van der Waals surface area contributed by atoms with Crippen LogP contribution in [0.3, 0.4) is 0 Å². The first kappa shape index (κ1) is 29.2. The first-order valence-corrected chi connectivity index (χ1v) is 18.1. The number of ether oxygens (including phenoxy) is 1. The van der Waals surface area contributed by atoms with Gasteiger partial charge < -0.3 is 9.15 Å². The van der Waals surface area contributed by atoms with Crippen molar-refractivity contribution in [2.45, 2.75) is 0 Å². The van der Waals surface area contributed by atoms with Gasteiger partial charge in [0.25, 0.3) is 0 Å². The molecular weight excluding hydrogens is 663 g/mol. The van der Waals surface area contributed by atoms with Crippen molar-refractivity contribution >= 4 is 65.0 Å². The molecule has 0 N–H and O–H groups in total. The maximum atomic E-state index is 6.88. The molecule has 0 amide bonds. The standard InChI is InChI=1S/C49H27N3O2/c1-2-10-31(11-3-1)47-50-48(52-49(51-47)38-18-9-21-41-45(38)37-13-4-5-19-39(37)53-41)36-17-8-14-32-33(15-7-16-34(32)36)35-27-26-30-25-24-29-23-22-28-12-6-20-40-42(28)43(29)44(30)46(35)54-40/h1-27H. The number of aromatic nitrogens is 3. The fraction of sp³-hybridized carbons (Fsp3) is 0. The van der Waals surface area contributed by atoms with E-state index < -0.39 is 0 Å². The smallest absolute Gasteiger partial charge is 0.164 e. The van der Waals surface area contributed by atoms with Crippen LogP contribution < -0.4 is 4.74 Å². The predicted molar refractivity (Wildman–Crippen MR) is 219 cm³/mol. The molecule has 9 aromatic carbocycles. The highest BCUT2D eigenvalue weighted by molar-refractivity contribution is 6.26. The molecule has 0 unspecified atom stereocenters. The summed E-state index contributed by atoms with van der Waals surface area (Å²) in [4.78, 5) is 15.5. The van der Waals surface area contributed by atoms with E-state index in [0.717, 1.165) is 82.8 Å². The lowest BCUT2D eigenvalue weighted by Crippen LogP contribution is -2.01. The maximum absolute atomic E-state index is 6.88. The van der Waals surface area contributed by atoms with Gasteiger partial charge in [-0.2, -0.15) is 0 Å². The summed E-state index contributed by atoms with van der Waals surface area (Å²) >= 11 is 0. The molecule has 2 aromatic heterocycles. The van der Waals surface area contributed by atoms with Crippen LogP contribution in [-0.4, -0.2) is 15.0 Å². The van der Waals surface area contributed by atoms with E-state index in [1.807, 2.05) is 60.7 Å². The Bertz CT molecular complexity index is 3360. The number of fused-ring (bicyclic) bond motifs is 4. The van der Waals surface area contributed by atoms with Crippen molar-refractivity contribution in [3.63, 3.8) is 0 Å². The number of hydrogen-bond donors (Lipinski definition) is 0. The summed E-state index contributed by atoms with van der Waals surface area (Å²) in [6, 6.07) is 56.7. The van der Waals surface area contributed by atoms with E-state index in [2.05, 4.69) is 103 Å². The molecule has 0 fully saturated rings. The summed E-state index contributed by atoms with van der Waals surface area (Å²) in [5.74, 6) is 3.57. The van der Waals surface area contributed by atoms with E-state index in [4.69, 9.17) is 24.1 Å². The quantitative estimate of drug-likeness (QED) is 0.172. The highest BCUT2D eigenvalue weighted by Gasteiger charge is 2.24. The van der Waals surface area contributed by atoms with E-state index in [1.54, 1.807) is 0 Å². The lowest BCUT2D eigenvalue weighted by Gasteiger charge is -2.23. The number of rotatable bonds is 4. The van der Waals surface area contributed by atoms with Gasteiger partial charge in [0.2, 0.25) is 0 Å². The van der Waals surface area contributed by atoms with Gasteiger partial charge in [0.15, 0.2) is 17.5 Å². The Morgan fingerprint density at radius 3 is 1.78 bits per heavy atom. The fourth-order valence-corrected chi connectivity index (χ4v) is 8.49. The minimum Gasteiger partial charge on any atom is -0.456 e. The summed E-state index contributed by atoms with van der Waals surface area (Å²) in [6.45, 7) is 0. The normalized spacial score (nSPS) is 12.2. The molecule has 11 aromatic rings. The third kappa shape index (κ3) is 4.18. The van der Waals surface area contributed by atoms with Crippen LogP contribution >= 0.6 is 0 Å². The number of furan rings is 1. The van der Waals surface area contributed by atoms with E-state index >= 15 is 0 Å². The molecule has 0 aliphatic carbocycles. The van der Waals surface area contributed by atoms with Crippen molar-refractivity contribution in [1.82, 2.24) is 15.0 Å². The molecule has 3 heterocycles. The van der Waals surface area contributed by atoms with Crippen molar-refractivity contribution in [2.24, 2.45) is 0 Å². The third-order valence-corrected chi connectivity index (χ3v) is 10.9. The van der Waals surface area contributed by atoms with Crippen molar-refractivity contribution in [3.8, 4) is 56.8 Å². The van der Waals surface area contributed by atoms with Gasteiger partial charge in [-0.3, -0.25) is 0 Å². The van der Waals surface area contributed by atoms with Crippen LogP contribution in [-0.2, 0) is 0 Å². The molecule has 0 spiro atoms. The summed E-state index contributed by atoms with van der Waals surface area (Å²) in [6.07, 6.45) is 0. The Hall–Kier alpha value is -7.37. The molecule has 54 heavy (non-hydrogen) atoms. The zero-order valence-electron chi connectivity index (χ0n) is 28.7. The zero-order valence-corrected chi connectivity index (χ0v) is 28.7. The maximum Gasteiger partial charge on any atom is 0.164 e. The van der Waals surface area contributed by atoms with Crippen LogP contribution in [0.25, 0.3) is 110 Å². The molecular formula is C49H27N3O2. The summed E-state index contributed by atoms with van der Waals surface area (Å²) in [5, 5.41) is 11.3. The van der Waals surface area contributed by atoms with E-state index in [-0.39, 0.29) is 0 Å². The Kier molecular flexibility index (Phi) is 5.99. The number of benzene rings is 9. The van der Waals surface area contributed by atoms with E-state index in [1.165, 1.54) is 21.5 Å². The van der Waals surface area contributed by atoms with Crippen molar-refractivity contribution in [3.05, 3.63) is 164 Å². The van der Waals surface area contributed by atoms with Gasteiger partial charge in [-0.15, -0.1) is 0 Å². The van der Waals surface area contributed by atoms with E-state index in [9.17, 15) is 0 Å². The van der Waals surface area contributed by atoms with Crippen molar-refractivity contribution < 1.29 is 9.15 Å². The molecule has 5 nitrogen and oxygen atoms in total. The molecule has 12 rings (SSSR count). The zero-order chi connectivity index (χ0) is 35.3. The number of hydrogen-bond acceptors (Lipinski definition) is 5. The number of para-hydroxylation sites is 1. The average molecular weight is 690 g/mol. The minimum atomic E-state index is 0.591. The van der Waals surface area contributed by atoms with Crippen molar-refractivity contribution in [2.75, 3.05) is 0 Å². The first-order valence-electron chi connectivity index (χ1n) is 18.1. The van der Waals surface area contributed by atoms with Crippen LogP contribution in [0.1, 0.15) is 0 Å². The van der Waals surface area contributed by atoms with E-state index in [0.29, 0.717) is 17.5 Å². The summed E-state index contributed by atoms with van der Waals surface area (Å²) < 4.78 is 13.1. The van der Waals surface area contributed by atoms with Gasteiger partial charge in [-0.1, -0.05) is 140 Å². The van der Waals surface area contributed by atoms with Gasteiger partial charge in [-0.05, 0) is 56.8 Å². The largest absolute Gasteiger partial charge is 0.456 e. The predicted octanol–water partition coefficient (Wildman–Crippen LogP) is 13.2. The molecule has 0 saturated carbocycles. The molecule has 0 bridgehead atoms. The van der Waals surface area contributed by atoms with Crippen LogP contribution in [0.15, 0.2) is 168 Å². The highest BCUT2D eigenvalue weighted by Crippen LogP contribution is 2.51. The number of nitrogens with zero attached hydrogens (tertiary/aromatic N) is 3. The molecule has 250 valence electrons. The Labute approximate surface area is 308 Å². The van der Waals surface area contributed by atoms with Crippen molar-refractivity contribution in [1.29, 1.82) is 0 Å². The molecule has 1 aliphatic heterocycles. The highest BCUT2D eigenvalue weighted by atomic mass is 16.5. The summed E-state index contributed by atoms with van der Waals surface area (Å²) in [7, 11) is 0. The van der Waals surface area contributed by atoms with Gasteiger partial charge in [0.1, 0.15) is 22.7 Å². The van der Waals surface area contributed by atoms with Gasteiger partial charge in [-0.25, -0.2) is 15.0 Å². The van der Waals surface area contributed by atoms with Crippen LogP contribution in [0.5, 0.6) is 11.5 Å². The average Bonchev–Trinajstić information content (AvgIpc) is 3.62. The van der Waals surface area contributed by atoms with Crippen LogP contribution in [0.2, 0.25) is 0 Å². The Morgan fingerprint density at radius 2 is 0.926 bits per heavy atom.